The summed E-state index contributed by atoms with van der Waals surface area (Å²) < 4.78 is 5.93. The third kappa shape index (κ3) is 1.75. The minimum absolute atomic E-state index is 0.0481. The highest BCUT2D eigenvalue weighted by Gasteiger charge is 2.27. The number of carbonyl (C=O) groups excluding carboxylic acids is 1. The van der Waals surface area contributed by atoms with Gasteiger partial charge in [-0.15, -0.1) is 0 Å². The van der Waals surface area contributed by atoms with Gasteiger partial charge in [-0.1, -0.05) is 28.1 Å². The van der Waals surface area contributed by atoms with Gasteiger partial charge in [0.2, 0.25) is 0 Å². The second-order valence-corrected chi connectivity index (χ2v) is 3.98. The molecule has 68 valence electrons. The second kappa shape index (κ2) is 3.50. The molecule has 0 bridgehead atoms. The van der Waals surface area contributed by atoms with Crippen molar-refractivity contribution in [3.63, 3.8) is 0 Å². The van der Waals surface area contributed by atoms with Gasteiger partial charge in [-0.25, -0.2) is 0 Å². The molecule has 0 radical (unpaired) electrons. The van der Waals surface area contributed by atoms with E-state index in [-0.39, 0.29) is 11.9 Å². The standard InChI is InChI=1S/C10H9BrO2/c11-8-3-1-7(2-4-8)9-5-6-13-10(9)12/h1-4,9H,5-6H2. The van der Waals surface area contributed by atoms with Gasteiger partial charge >= 0.3 is 5.97 Å². The molecule has 1 aliphatic heterocycles. The van der Waals surface area contributed by atoms with Gasteiger partial charge in [0, 0.05) is 4.47 Å². The largest absolute Gasteiger partial charge is 0.465 e. The lowest BCUT2D eigenvalue weighted by molar-refractivity contribution is -0.139. The molecule has 3 heteroatoms. The van der Waals surface area contributed by atoms with Crippen molar-refractivity contribution in [2.24, 2.45) is 0 Å². The molecule has 1 aromatic rings. The van der Waals surface area contributed by atoms with E-state index in [9.17, 15) is 4.79 Å². The van der Waals surface area contributed by atoms with Gasteiger partial charge in [-0.05, 0) is 24.1 Å². The molecule has 1 saturated heterocycles. The Balaban J connectivity index is 2.25. The van der Waals surface area contributed by atoms with Gasteiger partial charge in [0.05, 0.1) is 12.5 Å². The summed E-state index contributed by atoms with van der Waals surface area (Å²) in [7, 11) is 0. The number of halogens is 1. The van der Waals surface area contributed by atoms with Crippen molar-refractivity contribution in [1.82, 2.24) is 0 Å². The molecule has 13 heavy (non-hydrogen) atoms. The van der Waals surface area contributed by atoms with Crippen molar-refractivity contribution >= 4 is 21.9 Å². The summed E-state index contributed by atoms with van der Waals surface area (Å²) in [5.74, 6) is -0.143. The molecule has 1 atom stereocenters. The van der Waals surface area contributed by atoms with Gasteiger partial charge in [0.15, 0.2) is 0 Å². The fourth-order valence-electron chi connectivity index (χ4n) is 1.49. The third-order valence-electron chi connectivity index (χ3n) is 2.21. The van der Waals surface area contributed by atoms with E-state index >= 15 is 0 Å². The van der Waals surface area contributed by atoms with Crippen LogP contribution < -0.4 is 0 Å². The Kier molecular flexibility index (Phi) is 2.36. The Morgan fingerprint density at radius 2 is 2.00 bits per heavy atom. The van der Waals surface area contributed by atoms with E-state index in [1.165, 1.54) is 0 Å². The molecule has 0 spiro atoms. The predicted octanol–water partition coefficient (Wildman–Crippen LogP) is 2.48. The van der Waals surface area contributed by atoms with Crippen LogP contribution in [0.15, 0.2) is 28.7 Å². The Bertz CT molecular complexity index is 318. The Morgan fingerprint density at radius 1 is 1.31 bits per heavy atom. The normalized spacial score (nSPS) is 21.6. The molecule has 0 saturated carbocycles. The second-order valence-electron chi connectivity index (χ2n) is 3.06. The van der Waals surface area contributed by atoms with Crippen molar-refractivity contribution in [3.05, 3.63) is 34.3 Å². The van der Waals surface area contributed by atoms with Gasteiger partial charge in [0.25, 0.3) is 0 Å². The monoisotopic (exact) mass is 240 g/mol. The summed E-state index contributed by atoms with van der Waals surface area (Å²) in [5, 5.41) is 0. The number of cyclic esters (lactones) is 1. The number of hydrogen-bond acceptors (Lipinski definition) is 2. The molecule has 2 nitrogen and oxygen atoms in total. The lowest BCUT2D eigenvalue weighted by Crippen LogP contribution is -2.04. The van der Waals surface area contributed by atoms with Crippen LogP contribution in [0.5, 0.6) is 0 Å². The first-order valence-electron chi connectivity index (χ1n) is 4.19. The van der Waals surface area contributed by atoms with E-state index in [1.54, 1.807) is 0 Å². The lowest BCUT2D eigenvalue weighted by Gasteiger charge is -2.04. The number of carbonyl (C=O) groups is 1. The van der Waals surface area contributed by atoms with Crippen LogP contribution in [0.4, 0.5) is 0 Å². The lowest BCUT2D eigenvalue weighted by atomic mass is 9.98. The fourth-order valence-corrected chi connectivity index (χ4v) is 1.76. The summed E-state index contributed by atoms with van der Waals surface area (Å²) in [6.07, 6.45) is 0.806. The van der Waals surface area contributed by atoms with Crippen LogP contribution in [-0.2, 0) is 9.53 Å². The van der Waals surface area contributed by atoms with E-state index in [4.69, 9.17) is 4.74 Å². The van der Waals surface area contributed by atoms with E-state index in [0.717, 1.165) is 16.5 Å². The summed E-state index contributed by atoms with van der Waals surface area (Å²) in [4.78, 5) is 11.2. The van der Waals surface area contributed by atoms with E-state index in [0.29, 0.717) is 6.61 Å². The van der Waals surface area contributed by atoms with Crippen LogP contribution in [-0.4, -0.2) is 12.6 Å². The number of hydrogen-bond donors (Lipinski definition) is 0. The maximum absolute atomic E-state index is 11.2. The summed E-state index contributed by atoms with van der Waals surface area (Å²) in [6.45, 7) is 0.555. The highest BCUT2D eigenvalue weighted by molar-refractivity contribution is 9.10. The molecule has 1 heterocycles. The molecular weight excluding hydrogens is 232 g/mol. The molecule has 0 amide bonds. The quantitative estimate of drug-likeness (QED) is 0.706. The first-order chi connectivity index (χ1) is 6.27. The Labute approximate surface area is 85.0 Å². The summed E-state index contributed by atoms with van der Waals surface area (Å²) >= 11 is 3.35. The molecule has 1 fully saturated rings. The fraction of sp³-hybridized carbons (Fsp3) is 0.300. The molecule has 0 aromatic heterocycles. The number of esters is 1. The highest BCUT2D eigenvalue weighted by Crippen LogP contribution is 2.27. The van der Waals surface area contributed by atoms with Crippen LogP contribution in [0.25, 0.3) is 0 Å². The number of rotatable bonds is 1. The molecule has 1 aliphatic rings. The van der Waals surface area contributed by atoms with Crippen LogP contribution in [0.3, 0.4) is 0 Å². The smallest absolute Gasteiger partial charge is 0.313 e. The maximum Gasteiger partial charge on any atom is 0.313 e. The molecule has 1 unspecified atom stereocenters. The predicted molar refractivity (Wildman–Crippen MR) is 52.5 cm³/mol. The van der Waals surface area contributed by atoms with Crippen LogP contribution in [0.1, 0.15) is 17.9 Å². The van der Waals surface area contributed by atoms with Crippen molar-refractivity contribution in [2.45, 2.75) is 12.3 Å². The molecule has 0 aliphatic carbocycles. The van der Waals surface area contributed by atoms with Gasteiger partial charge < -0.3 is 4.74 Å². The number of benzene rings is 1. The average molecular weight is 241 g/mol. The zero-order valence-electron chi connectivity index (χ0n) is 7.00. The van der Waals surface area contributed by atoms with Gasteiger partial charge in [-0.2, -0.15) is 0 Å². The van der Waals surface area contributed by atoms with Crippen molar-refractivity contribution in [1.29, 1.82) is 0 Å². The van der Waals surface area contributed by atoms with Gasteiger partial charge in [-0.3, -0.25) is 4.79 Å². The first kappa shape index (κ1) is 8.75. The summed E-state index contributed by atoms with van der Waals surface area (Å²) in [6, 6.07) is 7.81. The van der Waals surface area contributed by atoms with E-state index in [2.05, 4.69) is 15.9 Å². The molecular formula is C10H9BrO2. The third-order valence-corrected chi connectivity index (χ3v) is 2.74. The zero-order valence-corrected chi connectivity index (χ0v) is 8.58. The number of ether oxygens (including phenoxy) is 1. The minimum atomic E-state index is -0.0951. The van der Waals surface area contributed by atoms with Crippen LogP contribution >= 0.6 is 15.9 Å². The van der Waals surface area contributed by atoms with E-state index < -0.39 is 0 Å². The maximum atomic E-state index is 11.2. The minimum Gasteiger partial charge on any atom is -0.465 e. The topological polar surface area (TPSA) is 26.3 Å². The van der Waals surface area contributed by atoms with Crippen molar-refractivity contribution in [3.8, 4) is 0 Å². The SMILES string of the molecule is O=C1OCCC1c1ccc(Br)cc1. The molecule has 1 aromatic carbocycles. The van der Waals surface area contributed by atoms with E-state index in [1.807, 2.05) is 24.3 Å². The van der Waals surface area contributed by atoms with Crippen molar-refractivity contribution < 1.29 is 9.53 Å². The molecule has 0 N–H and O–H groups in total. The van der Waals surface area contributed by atoms with Crippen molar-refractivity contribution in [2.75, 3.05) is 6.61 Å². The Hall–Kier alpha value is -0.830. The zero-order chi connectivity index (χ0) is 9.26. The molecule has 2 rings (SSSR count). The average Bonchev–Trinajstić information content (AvgIpc) is 2.53. The van der Waals surface area contributed by atoms with Crippen LogP contribution in [0, 0.1) is 0 Å². The highest BCUT2D eigenvalue weighted by atomic mass is 79.9. The Morgan fingerprint density at radius 3 is 2.54 bits per heavy atom. The van der Waals surface area contributed by atoms with Crippen LogP contribution in [0.2, 0.25) is 0 Å². The van der Waals surface area contributed by atoms with Gasteiger partial charge in [0.1, 0.15) is 0 Å². The first-order valence-corrected chi connectivity index (χ1v) is 4.99. The summed E-state index contributed by atoms with van der Waals surface area (Å²) in [5.41, 5.74) is 1.05.